The van der Waals surface area contributed by atoms with Crippen molar-refractivity contribution in [3.8, 4) is 5.75 Å². The lowest BCUT2D eigenvalue weighted by molar-refractivity contribution is -0.118. The van der Waals surface area contributed by atoms with Gasteiger partial charge in [0.15, 0.2) is 6.61 Å². The number of rotatable bonds is 8. The van der Waals surface area contributed by atoms with Crippen molar-refractivity contribution in [2.24, 2.45) is 0 Å². The molecular weight excluding hydrogens is 504 g/mol. The van der Waals surface area contributed by atoms with E-state index >= 15 is 0 Å². The number of benzene rings is 3. The maximum absolute atomic E-state index is 13.3. The van der Waals surface area contributed by atoms with E-state index in [1.54, 1.807) is 37.3 Å². The lowest BCUT2D eigenvalue weighted by atomic mass is 10.0. The van der Waals surface area contributed by atoms with Crippen LogP contribution >= 0.6 is 11.6 Å². The number of anilines is 2. The number of carbonyl (C=O) groups excluding carboxylic acids is 2. The Morgan fingerprint density at radius 3 is 2.53 bits per heavy atom. The third-order valence-electron chi connectivity index (χ3n) is 5.60. The van der Waals surface area contributed by atoms with Crippen LogP contribution in [0.25, 0.3) is 0 Å². The molecule has 1 heterocycles. The van der Waals surface area contributed by atoms with Gasteiger partial charge in [0.2, 0.25) is 0 Å². The first kappa shape index (κ1) is 25.5. The van der Waals surface area contributed by atoms with Gasteiger partial charge in [0, 0.05) is 12.2 Å². The molecule has 1 N–H and O–H groups in total. The summed E-state index contributed by atoms with van der Waals surface area (Å²) < 4.78 is 38.5. The topological polar surface area (TPSA) is 102 Å². The number of sulfonamides is 1. The summed E-state index contributed by atoms with van der Waals surface area (Å²) in [7, 11) is -3.82. The fraction of sp³-hybridized carbons (Fsp3) is 0.231. The molecule has 8 nitrogen and oxygen atoms in total. The molecule has 1 aliphatic heterocycles. The van der Waals surface area contributed by atoms with Crippen LogP contribution in [0.3, 0.4) is 0 Å². The number of fused-ring (bicyclic) bond motifs is 1. The summed E-state index contributed by atoms with van der Waals surface area (Å²) in [5.41, 5.74) is 2.51. The molecule has 36 heavy (non-hydrogen) atoms. The number of halogens is 1. The largest absolute Gasteiger partial charge is 0.482 e. The van der Waals surface area contributed by atoms with Crippen LogP contribution in [-0.4, -0.2) is 40.1 Å². The number of nitrogens with one attached hydrogen (secondary N) is 1. The van der Waals surface area contributed by atoms with E-state index in [0.717, 1.165) is 18.4 Å². The van der Waals surface area contributed by atoms with Crippen molar-refractivity contribution in [1.82, 2.24) is 0 Å². The average molecular weight is 529 g/mol. The standard InChI is InChI=1S/C26H25ClN2O6S/c1-2-34-26(31)19-9-11-20(12-10-19)28-25(30)17-35-24-14-13-21(16-22(24)27)36(32,33)29-15-5-7-18-6-3-4-8-23(18)29/h3-4,6,8-14,16H,2,5,7,15,17H2,1H3,(H,28,30). The van der Waals surface area contributed by atoms with Crippen molar-refractivity contribution in [1.29, 1.82) is 0 Å². The SMILES string of the molecule is CCOC(=O)c1ccc(NC(=O)COc2ccc(S(=O)(=O)N3CCCc4ccccc43)cc2Cl)cc1. The number of ether oxygens (including phenoxy) is 2. The third-order valence-corrected chi connectivity index (χ3v) is 7.70. The molecule has 3 aromatic rings. The molecule has 0 aliphatic carbocycles. The molecule has 0 spiro atoms. The maximum atomic E-state index is 13.3. The second-order valence-electron chi connectivity index (χ2n) is 8.04. The van der Waals surface area contributed by atoms with Crippen LogP contribution in [-0.2, 0) is 26.0 Å². The zero-order chi connectivity index (χ0) is 25.7. The second kappa shape index (κ2) is 11.0. The molecule has 0 radical (unpaired) electrons. The first-order chi connectivity index (χ1) is 17.3. The van der Waals surface area contributed by atoms with E-state index in [0.29, 0.717) is 23.5 Å². The minimum absolute atomic E-state index is 0.0442. The van der Waals surface area contributed by atoms with E-state index in [4.69, 9.17) is 21.1 Å². The molecule has 10 heteroatoms. The molecule has 0 fully saturated rings. The molecule has 0 saturated heterocycles. The zero-order valence-electron chi connectivity index (χ0n) is 19.6. The van der Waals surface area contributed by atoms with Crippen LogP contribution < -0.4 is 14.4 Å². The molecular formula is C26H25ClN2O6S. The number of amides is 1. The van der Waals surface area contributed by atoms with Crippen LogP contribution in [0.2, 0.25) is 5.02 Å². The van der Waals surface area contributed by atoms with Gasteiger partial charge in [0.05, 0.1) is 27.8 Å². The fourth-order valence-corrected chi connectivity index (χ4v) is 5.75. The molecule has 4 rings (SSSR count). The molecule has 0 aromatic heterocycles. The van der Waals surface area contributed by atoms with Crippen LogP contribution in [0.1, 0.15) is 29.3 Å². The zero-order valence-corrected chi connectivity index (χ0v) is 21.1. The second-order valence-corrected chi connectivity index (χ2v) is 10.3. The van der Waals surface area contributed by atoms with Crippen molar-refractivity contribution in [3.63, 3.8) is 0 Å². The highest BCUT2D eigenvalue weighted by molar-refractivity contribution is 7.92. The lowest BCUT2D eigenvalue weighted by Gasteiger charge is -2.30. The van der Waals surface area contributed by atoms with E-state index in [-0.39, 0.29) is 28.9 Å². The number of nitrogens with zero attached hydrogens (tertiary/aromatic N) is 1. The quantitative estimate of drug-likeness (QED) is 0.426. The monoisotopic (exact) mass is 528 g/mol. The Morgan fingerprint density at radius 1 is 1.06 bits per heavy atom. The Kier molecular flexibility index (Phi) is 7.81. The van der Waals surface area contributed by atoms with Gasteiger partial charge in [-0.3, -0.25) is 9.10 Å². The number of hydrogen-bond donors (Lipinski definition) is 1. The summed E-state index contributed by atoms with van der Waals surface area (Å²) in [6, 6.07) is 17.9. The van der Waals surface area contributed by atoms with Gasteiger partial charge in [0.25, 0.3) is 15.9 Å². The number of carbonyl (C=O) groups is 2. The molecule has 3 aromatic carbocycles. The molecule has 1 aliphatic rings. The third kappa shape index (κ3) is 5.63. The number of hydrogen-bond acceptors (Lipinski definition) is 6. The molecule has 0 atom stereocenters. The lowest BCUT2D eigenvalue weighted by Crippen LogP contribution is -2.35. The first-order valence-corrected chi connectivity index (χ1v) is 13.2. The highest BCUT2D eigenvalue weighted by atomic mass is 35.5. The van der Waals surface area contributed by atoms with Crippen LogP contribution in [0.15, 0.2) is 71.6 Å². The Bertz CT molecular complexity index is 1380. The van der Waals surface area contributed by atoms with Gasteiger partial charge < -0.3 is 14.8 Å². The normalized spacial score (nSPS) is 13.0. The number of esters is 1. The van der Waals surface area contributed by atoms with Crippen molar-refractivity contribution in [2.75, 3.05) is 29.4 Å². The van der Waals surface area contributed by atoms with E-state index in [2.05, 4.69) is 5.32 Å². The van der Waals surface area contributed by atoms with Crippen LogP contribution in [0.5, 0.6) is 5.75 Å². The van der Waals surface area contributed by atoms with Crippen molar-refractivity contribution < 1.29 is 27.5 Å². The summed E-state index contributed by atoms with van der Waals surface area (Å²) in [6.07, 6.45) is 1.55. The minimum Gasteiger partial charge on any atom is -0.482 e. The van der Waals surface area contributed by atoms with Gasteiger partial charge in [-0.2, -0.15) is 0 Å². The maximum Gasteiger partial charge on any atom is 0.338 e. The summed E-state index contributed by atoms with van der Waals surface area (Å²) >= 11 is 6.31. The van der Waals surface area contributed by atoms with E-state index in [1.807, 2.05) is 18.2 Å². The number of para-hydroxylation sites is 1. The summed E-state index contributed by atoms with van der Waals surface area (Å²) in [5, 5.41) is 2.73. The predicted molar refractivity (Wildman–Crippen MR) is 137 cm³/mol. The molecule has 0 saturated carbocycles. The van der Waals surface area contributed by atoms with Crippen LogP contribution in [0.4, 0.5) is 11.4 Å². The van der Waals surface area contributed by atoms with Gasteiger partial charge >= 0.3 is 5.97 Å². The molecule has 0 bridgehead atoms. The molecule has 188 valence electrons. The van der Waals surface area contributed by atoms with E-state index in [1.165, 1.54) is 22.5 Å². The van der Waals surface area contributed by atoms with Gasteiger partial charge in [-0.1, -0.05) is 29.8 Å². The van der Waals surface area contributed by atoms with E-state index < -0.39 is 21.9 Å². The Morgan fingerprint density at radius 2 is 1.81 bits per heavy atom. The highest BCUT2D eigenvalue weighted by Gasteiger charge is 2.29. The molecule has 0 unspecified atom stereocenters. The minimum atomic E-state index is -3.82. The number of aryl methyl sites for hydroxylation is 1. The Hall–Kier alpha value is -3.56. The van der Waals surface area contributed by atoms with Crippen molar-refractivity contribution in [3.05, 3.63) is 82.9 Å². The highest BCUT2D eigenvalue weighted by Crippen LogP contribution is 2.34. The Labute approximate surface area is 214 Å². The molecule has 1 amide bonds. The Balaban J connectivity index is 1.39. The van der Waals surface area contributed by atoms with Gasteiger partial charge in [0.1, 0.15) is 5.75 Å². The smallest absolute Gasteiger partial charge is 0.338 e. The first-order valence-electron chi connectivity index (χ1n) is 11.4. The van der Waals surface area contributed by atoms with Gasteiger partial charge in [-0.05, 0) is 73.9 Å². The van der Waals surface area contributed by atoms with E-state index in [9.17, 15) is 18.0 Å². The van der Waals surface area contributed by atoms with Crippen molar-refractivity contribution >= 4 is 44.9 Å². The fourth-order valence-electron chi connectivity index (χ4n) is 3.88. The summed E-state index contributed by atoms with van der Waals surface area (Å²) in [5.74, 6) is -0.706. The van der Waals surface area contributed by atoms with Crippen LogP contribution in [0, 0.1) is 0 Å². The van der Waals surface area contributed by atoms with Gasteiger partial charge in [-0.15, -0.1) is 0 Å². The predicted octanol–water partition coefficient (Wildman–Crippen LogP) is 4.68. The summed E-state index contributed by atoms with van der Waals surface area (Å²) in [4.78, 5) is 24.1. The van der Waals surface area contributed by atoms with Gasteiger partial charge in [-0.25, -0.2) is 13.2 Å². The summed E-state index contributed by atoms with van der Waals surface area (Å²) in [6.45, 7) is 2.04. The average Bonchev–Trinajstić information content (AvgIpc) is 2.88. The van der Waals surface area contributed by atoms with Crippen molar-refractivity contribution in [2.45, 2.75) is 24.7 Å².